The van der Waals surface area contributed by atoms with Crippen molar-refractivity contribution >= 4 is 23.3 Å². The molecule has 0 aliphatic carbocycles. The molecule has 1 amide bonds. The number of hydrogen-bond acceptors (Lipinski definition) is 4. The highest BCUT2D eigenvalue weighted by Crippen LogP contribution is 2.23. The first-order chi connectivity index (χ1) is 10.5. The maximum absolute atomic E-state index is 12.2. The molecule has 1 aromatic heterocycles. The first-order valence-electron chi connectivity index (χ1n) is 6.72. The Balaban J connectivity index is 2.01. The molecular weight excluding hydrogens is 306 g/mol. The van der Waals surface area contributed by atoms with Gasteiger partial charge in [0.05, 0.1) is 18.9 Å². The van der Waals surface area contributed by atoms with Crippen LogP contribution in [0.25, 0.3) is 0 Å². The summed E-state index contributed by atoms with van der Waals surface area (Å²) in [5.74, 6) is 0.175. The normalized spacial score (nSPS) is 11.8. The molecule has 1 atom stereocenters. The maximum atomic E-state index is 12.2. The van der Waals surface area contributed by atoms with E-state index in [2.05, 4.69) is 5.32 Å². The van der Waals surface area contributed by atoms with Crippen LogP contribution in [-0.4, -0.2) is 24.8 Å². The van der Waals surface area contributed by atoms with Gasteiger partial charge in [-0.25, -0.2) is 0 Å². The van der Waals surface area contributed by atoms with Gasteiger partial charge < -0.3 is 14.5 Å². The smallest absolute Gasteiger partial charge is 0.255 e. The van der Waals surface area contributed by atoms with Gasteiger partial charge >= 0.3 is 0 Å². The van der Waals surface area contributed by atoms with Crippen LogP contribution in [-0.2, 0) is 0 Å². The van der Waals surface area contributed by atoms with Crippen LogP contribution in [0.2, 0.25) is 5.02 Å². The van der Waals surface area contributed by atoms with Crippen molar-refractivity contribution in [2.24, 2.45) is 0 Å². The first-order valence-corrected chi connectivity index (χ1v) is 7.10. The van der Waals surface area contributed by atoms with Gasteiger partial charge in [0.25, 0.3) is 5.91 Å². The summed E-state index contributed by atoms with van der Waals surface area (Å²) in [4.78, 5) is 24.2. The Bertz CT molecular complexity index is 667. The zero-order chi connectivity index (χ0) is 16.1. The lowest BCUT2D eigenvalue weighted by atomic mass is 10.1. The molecule has 2 aromatic rings. The van der Waals surface area contributed by atoms with Gasteiger partial charge in [-0.1, -0.05) is 11.6 Å². The summed E-state index contributed by atoms with van der Waals surface area (Å²) >= 11 is 5.87. The average molecular weight is 322 g/mol. The number of ketones is 1. The number of furan rings is 1. The average Bonchev–Trinajstić information content (AvgIpc) is 3.00. The summed E-state index contributed by atoms with van der Waals surface area (Å²) in [6.07, 6.45) is 1.59. The summed E-state index contributed by atoms with van der Waals surface area (Å²) < 4.78 is 10.2. The lowest BCUT2D eigenvalue weighted by Crippen LogP contribution is -2.34. The van der Waals surface area contributed by atoms with Crippen LogP contribution in [0.1, 0.15) is 34.3 Å². The highest BCUT2D eigenvalue weighted by molar-refractivity contribution is 6.30. The van der Waals surface area contributed by atoms with Gasteiger partial charge in [-0.3, -0.25) is 9.59 Å². The zero-order valence-corrected chi connectivity index (χ0v) is 13.0. The molecule has 6 heteroatoms. The summed E-state index contributed by atoms with van der Waals surface area (Å²) in [6, 6.07) is 7.66. The van der Waals surface area contributed by atoms with E-state index in [9.17, 15) is 9.59 Å². The fourth-order valence-corrected chi connectivity index (χ4v) is 2.18. The van der Waals surface area contributed by atoms with Gasteiger partial charge in [0.2, 0.25) is 0 Å². The van der Waals surface area contributed by atoms with Crippen molar-refractivity contribution in [3.05, 3.63) is 52.9 Å². The number of nitrogens with one attached hydrogen (secondary N) is 1. The molecule has 0 radical (unpaired) electrons. The fourth-order valence-electron chi connectivity index (χ4n) is 2.02. The molecule has 2 rings (SSSR count). The highest BCUT2D eigenvalue weighted by Gasteiger charge is 2.18. The van der Waals surface area contributed by atoms with Crippen molar-refractivity contribution in [3.8, 4) is 5.75 Å². The minimum atomic E-state index is -0.342. The Labute approximate surface area is 133 Å². The van der Waals surface area contributed by atoms with E-state index in [0.717, 1.165) is 0 Å². The molecule has 0 saturated heterocycles. The van der Waals surface area contributed by atoms with Crippen LogP contribution in [0.4, 0.5) is 0 Å². The molecule has 116 valence electrons. The van der Waals surface area contributed by atoms with Crippen molar-refractivity contribution in [1.29, 1.82) is 0 Å². The molecule has 1 aromatic carbocycles. The monoisotopic (exact) mass is 321 g/mol. The minimum Gasteiger partial charge on any atom is -0.496 e. The van der Waals surface area contributed by atoms with E-state index in [4.69, 9.17) is 20.8 Å². The quantitative estimate of drug-likeness (QED) is 0.829. The third kappa shape index (κ3) is 3.89. The Hall–Kier alpha value is -2.27. The van der Waals surface area contributed by atoms with Gasteiger partial charge in [-0.15, -0.1) is 0 Å². The summed E-state index contributed by atoms with van der Waals surface area (Å²) in [7, 11) is 1.46. The predicted molar refractivity (Wildman–Crippen MR) is 82.6 cm³/mol. The summed E-state index contributed by atoms with van der Waals surface area (Å²) in [5, 5.41) is 3.24. The molecule has 0 spiro atoms. The number of methoxy groups -OCH3 is 1. The van der Waals surface area contributed by atoms with Gasteiger partial charge in [-0.2, -0.15) is 0 Å². The van der Waals surface area contributed by atoms with Crippen LogP contribution < -0.4 is 10.1 Å². The highest BCUT2D eigenvalue weighted by atomic mass is 35.5. The Morgan fingerprint density at radius 2 is 2.14 bits per heavy atom. The van der Waals surface area contributed by atoms with Crippen LogP contribution in [0.15, 0.2) is 41.0 Å². The largest absolute Gasteiger partial charge is 0.496 e. The fraction of sp³-hybridized carbons (Fsp3) is 0.250. The second kappa shape index (κ2) is 7.13. The first kappa shape index (κ1) is 16.1. The lowest BCUT2D eigenvalue weighted by molar-refractivity contribution is 0.0905. The number of Topliss-reactive ketones (excluding diaryl/α,β-unsaturated/α-hetero) is 1. The standard InChI is InChI=1S/C16H16ClNO4/c1-10(8-13(19)14-4-3-7-22-14)18-16(20)12-6-5-11(17)9-15(12)21-2/h3-7,9-10H,8H2,1-2H3,(H,18,20)/t10-/m0/s1. The molecule has 1 heterocycles. The Kier molecular flexibility index (Phi) is 5.22. The van der Waals surface area contributed by atoms with Crippen LogP contribution in [0.3, 0.4) is 0 Å². The number of hydrogen-bond donors (Lipinski definition) is 1. The Morgan fingerprint density at radius 3 is 2.77 bits per heavy atom. The Morgan fingerprint density at radius 1 is 1.36 bits per heavy atom. The van der Waals surface area contributed by atoms with E-state index in [1.54, 1.807) is 37.3 Å². The van der Waals surface area contributed by atoms with Crippen LogP contribution in [0.5, 0.6) is 5.75 Å². The molecule has 0 aliphatic rings. The number of halogens is 1. The van der Waals surface area contributed by atoms with E-state index < -0.39 is 0 Å². The zero-order valence-electron chi connectivity index (χ0n) is 12.3. The summed E-state index contributed by atoms with van der Waals surface area (Å²) in [6.45, 7) is 1.75. The van der Waals surface area contributed by atoms with Gasteiger partial charge in [0.15, 0.2) is 11.5 Å². The van der Waals surface area contributed by atoms with Crippen LogP contribution in [0, 0.1) is 0 Å². The molecule has 1 N–H and O–H groups in total. The molecule has 0 bridgehead atoms. The molecule has 0 aliphatic heterocycles. The van der Waals surface area contributed by atoms with Gasteiger partial charge in [0.1, 0.15) is 5.75 Å². The van der Waals surface area contributed by atoms with E-state index in [1.165, 1.54) is 13.4 Å². The molecule has 0 saturated carbocycles. The SMILES string of the molecule is COc1cc(Cl)ccc1C(=O)N[C@@H](C)CC(=O)c1ccco1. The van der Waals surface area contributed by atoms with Crippen molar-refractivity contribution in [2.45, 2.75) is 19.4 Å². The number of carbonyl (C=O) groups excluding carboxylic acids is 2. The summed E-state index contributed by atoms with van der Waals surface area (Å²) in [5.41, 5.74) is 0.365. The number of carbonyl (C=O) groups is 2. The molecular formula is C16H16ClNO4. The number of rotatable bonds is 6. The maximum Gasteiger partial charge on any atom is 0.255 e. The van der Waals surface area contributed by atoms with E-state index in [1.807, 2.05) is 0 Å². The van der Waals surface area contributed by atoms with Crippen molar-refractivity contribution < 1.29 is 18.7 Å². The molecule has 0 fully saturated rings. The lowest BCUT2D eigenvalue weighted by Gasteiger charge is -2.14. The predicted octanol–water partition coefficient (Wildman–Crippen LogP) is 3.33. The van der Waals surface area contributed by atoms with Gasteiger partial charge in [0, 0.05) is 17.5 Å². The topological polar surface area (TPSA) is 68.5 Å². The number of benzene rings is 1. The second-order valence-corrected chi connectivity index (χ2v) is 5.26. The number of amides is 1. The third-order valence-corrected chi connectivity index (χ3v) is 3.31. The van der Waals surface area contributed by atoms with E-state index in [-0.39, 0.29) is 29.9 Å². The molecule has 5 nitrogen and oxygen atoms in total. The molecule has 0 unspecified atom stereocenters. The second-order valence-electron chi connectivity index (χ2n) is 4.82. The molecule has 22 heavy (non-hydrogen) atoms. The van der Waals surface area contributed by atoms with E-state index in [0.29, 0.717) is 16.3 Å². The van der Waals surface area contributed by atoms with Gasteiger partial charge in [-0.05, 0) is 37.3 Å². The third-order valence-electron chi connectivity index (χ3n) is 3.07. The van der Waals surface area contributed by atoms with Crippen molar-refractivity contribution in [3.63, 3.8) is 0 Å². The van der Waals surface area contributed by atoms with Crippen molar-refractivity contribution in [2.75, 3.05) is 7.11 Å². The minimum absolute atomic E-state index is 0.148. The van der Waals surface area contributed by atoms with Crippen LogP contribution >= 0.6 is 11.6 Å². The van der Waals surface area contributed by atoms with E-state index >= 15 is 0 Å². The van der Waals surface area contributed by atoms with Crippen molar-refractivity contribution in [1.82, 2.24) is 5.32 Å². The number of ether oxygens (including phenoxy) is 1.